The molecule has 0 heteroatoms. The highest BCUT2D eigenvalue weighted by Gasteiger charge is 2.20. The highest BCUT2D eigenvalue weighted by atomic mass is 14.2. The molecule has 1 aliphatic rings. The molecule has 0 bridgehead atoms. The van der Waals surface area contributed by atoms with Gasteiger partial charge in [0.2, 0.25) is 0 Å². The Morgan fingerprint density at radius 1 is 1.06 bits per heavy atom. The number of rotatable bonds is 2. The molecule has 17 heavy (non-hydrogen) atoms. The van der Waals surface area contributed by atoms with Gasteiger partial charge in [0.15, 0.2) is 0 Å². The van der Waals surface area contributed by atoms with Gasteiger partial charge in [-0.1, -0.05) is 56.0 Å². The minimum atomic E-state index is 1.02. The van der Waals surface area contributed by atoms with Crippen LogP contribution in [0.15, 0.2) is 49.0 Å². The van der Waals surface area contributed by atoms with E-state index in [-0.39, 0.29) is 0 Å². The normalized spacial score (nSPS) is 12.1. The number of hydrogen-bond donors (Lipinski definition) is 0. The van der Waals surface area contributed by atoms with Crippen LogP contribution in [-0.2, 0) is 6.42 Å². The summed E-state index contributed by atoms with van der Waals surface area (Å²) in [5.41, 5.74) is 8.29. The van der Waals surface area contributed by atoms with Gasteiger partial charge in [0, 0.05) is 0 Å². The maximum atomic E-state index is 4.18. The largest absolute Gasteiger partial charge is 0.0952 e. The van der Waals surface area contributed by atoms with Gasteiger partial charge in [-0.05, 0) is 46.2 Å². The molecule has 0 aliphatic heterocycles. The monoisotopic (exact) mass is 220 g/mol. The SMILES string of the molecule is C=C(CC)c1cccc2c1Cc1ccccc1-2. The van der Waals surface area contributed by atoms with E-state index < -0.39 is 0 Å². The maximum Gasteiger partial charge on any atom is -0.000741 e. The highest BCUT2D eigenvalue weighted by Crippen LogP contribution is 2.39. The molecule has 0 amide bonds. The van der Waals surface area contributed by atoms with E-state index in [4.69, 9.17) is 0 Å². The van der Waals surface area contributed by atoms with E-state index >= 15 is 0 Å². The summed E-state index contributed by atoms with van der Waals surface area (Å²) in [5.74, 6) is 0. The highest BCUT2D eigenvalue weighted by molar-refractivity contribution is 5.82. The first-order valence-corrected chi connectivity index (χ1v) is 6.19. The van der Waals surface area contributed by atoms with E-state index in [0.29, 0.717) is 0 Å². The number of fused-ring (bicyclic) bond motifs is 3. The van der Waals surface area contributed by atoms with Crippen molar-refractivity contribution in [3.05, 3.63) is 65.7 Å². The Morgan fingerprint density at radius 3 is 2.65 bits per heavy atom. The van der Waals surface area contributed by atoms with Crippen molar-refractivity contribution in [1.82, 2.24) is 0 Å². The van der Waals surface area contributed by atoms with Gasteiger partial charge in [0.05, 0.1) is 0 Å². The predicted molar refractivity (Wildman–Crippen MR) is 74.0 cm³/mol. The lowest BCUT2D eigenvalue weighted by molar-refractivity contribution is 1.20. The fourth-order valence-electron chi connectivity index (χ4n) is 2.68. The molecule has 0 unspecified atom stereocenters. The van der Waals surface area contributed by atoms with Crippen LogP contribution in [0.2, 0.25) is 0 Å². The first-order chi connectivity index (χ1) is 8.31. The summed E-state index contributed by atoms with van der Waals surface area (Å²) in [6.07, 6.45) is 2.08. The van der Waals surface area contributed by atoms with E-state index in [2.05, 4.69) is 56.0 Å². The number of allylic oxidation sites excluding steroid dienone is 1. The molecule has 0 atom stereocenters. The van der Waals surface area contributed by atoms with Crippen molar-refractivity contribution in [2.24, 2.45) is 0 Å². The summed E-state index contributed by atoms with van der Waals surface area (Å²) in [5, 5.41) is 0. The van der Waals surface area contributed by atoms with Crippen molar-refractivity contribution >= 4 is 5.57 Å². The van der Waals surface area contributed by atoms with Gasteiger partial charge < -0.3 is 0 Å². The molecule has 0 spiro atoms. The molecule has 0 saturated heterocycles. The first-order valence-electron chi connectivity index (χ1n) is 6.19. The average molecular weight is 220 g/mol. The Morgan fingerprint density at radius 2 is 1.82 bits per heavy atom. The molecule has 1 aliphatic carbocycles. The van der Waals surface area contributed by atoms with Crippen LogP contribution < -0.4 is 0 Å². The van der Waals surface area contributed by atoms with Gasteiger partial charge in [-0.15, -0.1) is 0 Å². The second-order valence-electron chi connectivity index (χ2n) is 4.62. The van der Waals surface area contributed by atoms with Gasteiger partial charge >= 0.3 is 0 Å². The van der Waals surface area contributed by atoms with Crippen molar-refractivity contribution in [1.29, 1.82) is 0 Å². The minimum Gasteiger partial charge on any atom is -0.0952 e. The lowest BCUT2D eigenvalue weighted by Gasteiger charge is -2.09. The molecule has 0 radical (unpaired) electrons. The Labute approximate surface area is 103 Å². The molecule has 2 aromatic carbocycles. The van der Waals surface area contributed by atoms with E-state index in [1.54, 1.807) is 0 Å². The summed E-state index contributed by atoms with van der Waals surface area (Å²) in [6.45, 7) is 6.35. The zero-order valence-electron chi connectivity index (χ0n) is 10.2. The van der Waals surface area contributed by atoms with E-state index in [9.17, 15) is 0 Å². The Balaban J connectivity index is 2.20. The predicted octanol–water partition coefficient (Wildman–Crippen LogP) is 4.68. The Hall–Kier alpha value is -1.82. The Bertz CT molecular complexity index is 591. The van der Waals surface area contributed by atoms with Crippen LogP contribution in [0.25, 0.3) is 16.7 Å². The molecular weight excluding hydrogens is 204 g/mol. The van der Waals surface area contributed by atoms with Crippen LogP contribution in [0.4, 0.5) is 0 Å². The lowest BCUT2D eigenvalue weighted by atomic mass is 9.95. The quantitative estimate of drug-likeness (QED) is 0.588. The molecule has 84 valence electrons. The van der Waals surface area contributed by atoms with Gasteiger partial charge in [0.25, 0.3) is 0 Å². The van der Waals surface area contributed by atoms with Gasteiger partial charge in [0.1, 0.15) is 0 Å². The molecule has 0 nitrogen and oxygen atoms in total. The molecule has 0 heterocycles. The fraction of sp³-hybridized carbons (Fsp3) is 0.176. The van der Waals surface area contributed by atoms with Crippen molar-refractivity contribution in [3.8, 4) is 11.1 Å². The number of hydrogen-bond acceptors (Lipinski definition) is 0. The Kier molecular flexibility index (Phi) is 2.36. The van der Waals surface area contributed by atoms with E-state index in [1.807, 2.05) is 0 Å². The standard InChI is InChI=1S/C17H16/c1-3-12(2)14-9-6-10-16-15-8-5-4-7-13(15)11-17(14)16/h4-10H,2-3,11H2,1H3. The summed E-state index contributed by atoms with van der Waals surface area (Å²) in [7, 11) is 0. The zero-order chi connectivity index (χ0) is 11.8. The number of benzene rings is 2. The molecular formula is C17H16. The van der Waals surface area contributed by atoms with Crippen LogP contribution in [-0.4, -0.2) is 0 Å². The summed E-state index contributed by atoms with van der Waals surface area (Å²) >= 11 is 0. The molecule has 2 aromatic rings. The van der Waals surface area contributed by atoms with Crippen LogP contribution in [0, 0.1) is 0 Å². The fourth-order valence-corrected chi connectivity index (χ4v) is 2.68. The molecule has 0 saturated carbocycles. The molecule has 0 aromatic heterocycles. The third-order valence-corrected chi connectivity index (χ3v) is 3.66. The molecule has 0 N–H and O–H groups in total. The van der Waals surface area contributed by atoms with Crippen molar-refractivity contribution in [2.45, 2.75) is 19.8 Å². The summed E-state index contributed by atoms with van der Waals surface area (Å²) < 4.78 is 0. The van der Waals surface area contributed by atoms with Crippen LogP contribution >= 0.6 is 0 Å². The average Bonchev–Trinajstić information content (AvgIpc) is 2.76. The van der Waals surface area contributed by atoms with Gasteiger partial charge in [-0.2, -0.15) is 0 Å². The second kappa shape index (κ2) is 3.89. The third-order valence-electron chi connectivity index (χ3n) is 3.66. The topological polar surface area (TPSA) is 0 Å². The smallest absolute Gasteiger partial charge is 0.000741 e. The zero-order valence-corrected chi connectivity index (χ0v) is 10.2. The van der Waals surface area contributed by atoms with Gasteiger partial charge in [-0.25, -0.2) is 0 Å². The lowest BCUT2D eigenvalue weighted by Crippen LogP contribution is -1.90. The minimum absolute atomic E-state index is 1.02. The third kappa shape index (κ3) is 1.52. The molecule has 3 rings (SSSR count). The first kappa shape index (κ1) is 10.3. The van der Waals surface area contributed by atoms with Crippen LogP contribution in [0.1, 0.15) is 30.0 Å². The van der Waals surface area contributed by atoms with Gasteiger partial charge in [-0.3, -0.25) is 0 Å². The van der Waals surface area contributed by atoms with Crippen molar-refractivity contribution in [3.63, 3.8) is 0 Å². The summed E-state index contributed by atoms with van der Waals surface area (Å²) in [6, 6.07) is 15.3. The van der Waals surface area contributed by atoms with E-state index in [0.717, 1.165) is 12.8 Å². The van der Waals surface area contributed by atoms with E-state index in [1.165, 1.54) is 33.4 Å². The van der Waals surface area contributed by atoms with Crippen LogP contribution in [0.5, 0.6) is 0 Å². The summed E-state index contributed by atoms with van der Waals surface area (Å²) in [4.78, 5) is 0. The molecule has 0 fully saturated rings. The van der Waals surface area contributed by atoms with Crippen molar-refractivity contribution in [2.75, 3.05) is 0 Å². The maximum absolute atomic E-state index is 4.18. The van der Waals surface area contributed by atoms with Crippen molar-refractivity contribution < 1.29 is 0 Å². The second-order valence-corrected chi connectivity index (χ2v) is 4.62. The van der Waals surface area contributed by atoms with Crippen LogP contribution in [0.3, 0.4) is 0 Å².